The van der Waals surface area contributed by atoms with Gasteiger partial charge in [0.1, 0.15) is 0 Å². The summed E-state index contributed by atoms with van der Waals surface area (Å²) in [5, 5.41) is 13.6. The van der Waals surface area contributed by atoms with Crippen molar-refractivity contribution in [3.8, 4) is 0 Å². The first-order chi connectivity index (χ1) is 6.72. The summed E-state index contributed by atoms with van der Waals surface area (Å²) in [6, 6.07) is 9.88. The van der Waals surface area contributed by atoms with Crippen molar-refractivity contribution in [2.75, 3.05) is 6.54 Å². The van der Waals surface area contributed by atoms with Crippen molar-refractivity contribution < 1.29 is 5.11 Å². The van der Waals surface area contributed by atoms with Gasteiger partial charge in [-0.25, -0.2) is 0 Å². The molecular formula is C12H17NO. The van der Waals surface area contributed by atoms with Gasteiger partial charge in [-0.1, -0.05) is 30.3 Å². The van der Waals surface area contributed by atoms with E-state index in [-0.39, 0.29) is 5.54 Å². The third-order valence-electron chi connectivity index (χ3n) is 3.12. The highest BCUT2D eigenvalue weighted by Crippen LogP contribution is 2.32. The molecule has 2 nitrogen and oxygen atoms in total. The molecule has 0 bridgehead atoms. The molecule has 1 fully saturated rings. The van der Waals surface area contributed by atoms with E-state index in [1.54, 1.807) is 0 Å². The number of aliphatic hydroxyl groups excluding tert-OH is 1. The number of hydrogen-bond donors (Lipinski definition) is 2. The minimum Gasteiger partial charge on any atom is -0.386 e. The summed E-state index contributed by atoms with van der Waals surface area (Å²) >= 11 is 0. The third kappa shape index (κ3) is 1.68. The van der Waals surface area contributed by atoms with E-state index in [1.165, 1.54) is 0 Å². The topological polar surface area (TPSA) is 32.3 Å². The van der Waals surface area contributed by atoms with Crippen LogP contribution in [0.2, 0.25) is 0 Å². The molecule has 2 rings (SSSR count). The van der Waals surface area contributed by atoms with Crippen LogP contribution in [-0.2, 0) is 0 Å². The summed E-state index contributed by atoms with van der Waals surface area (Å²) in [7, 11) is 0. The number of nitrogens with one attached hydrogen (secondary N) is 1. The van der Waals surface area contributed by atoms with Gasteiger partial charge in [0.15, 0.2) is 0 Å². The predicted molar refractivity (Wildman–Crippen MR) is 57.0 cm³/mol. The highest BCUT2D eigenvalue weighted by atomic mass is 16.3. The molecule has 1 aliphatic rings. The fourth-order valence-corrected chi connectivity index (χ4v) is 2.15. The molecule has 2 atom stereocenters. The molecule has 0 aromatic heterocycles. The maximum atomic E-state index is 10.2. The summed E-state index contributed by atoms with van der Waals surface area (Å²) in [4.78, 5) is 0. The van der Waals surface area contributed by atoms with Crippen LogP contribution in [0, 0.1) is 0 Å². The van der Waals surface area contributed by atoms with Gasteiger partial charge in [-0.15, -0.1) is 0 Å². The summed E-state index contributed by atoms with van der Waals surface area (Å²) in [6.07, 6.45) is 1.80. The molecule has 1 saturated heterocycles. The summed E-state index contributed by atoms with van der Waals surface area (Å²) in [5.74, 6) is 0. The van der Waals surface area contributed by atoms with Crippen molar-refractivity contribution >= 4 is 0 Å². The second-order valence-electron chi connectivity index (χ2n) is 4.26. The molecule has 2 N–H and O–H groups in total. The zero-order valence-electron chi connectivity index (χ0n) is 8.53. The number of rotatable bonds is 2. The number of benzene rings is 1. The van der Waals surface area contributed by atoms with Crippen LogP contribution in [0.1, 0.15) is 31.4 Å². The highest BCUT2D eigenvalue weighted by Gasteiger charge is 2.36. The van der Waals surface area contributed by atoms with Crippen LogP contribution in [0.5, 0.6) is 0 Å². The molecule has 1 aliphatic heterocycles. The van der Waals surface area contributed by atoms with Gasteiger partial charge < -0.3 is 10.4 Å². The first-order valence-electron chi connectivity index (χ1n) is 5.20. The summed E-state index contributed by atoms with van der Waals surface area (Å²) < 4.78 is 0. The van der Waals surface area contributed by atoms with Crippen LogP contribution >= 0.6 is 0 Å². The van der Waals surface area contributed by atoms with Crippen molar-refractivity contribution in [3.63, 3.8) is 0 Å². The Morgan fingerprint density at radius 2 is 2.07 bits per heavy atom. The first kappa shape index (κ1) is 9.69. The number of aliphatic hydroxyl groups is 1. The van der Waals surface area contributed by atoms with Crippen LogP contribution in [0.15, 0.2) is 30.3 Å². The molecule has 1 unspecified atom stereocenters. The van der Waals surface area contributed by atoms with Crippen LogP contribution in [0.3, 0.4) is 0 Å². The maximum absolute atomic E-state index is 10.2. The van der Waals surface area contributed by atoms with Crippen molar-refractivity contribution in [1.29, 1.82) is 0 Å². The Bertz CT molecular complexity index is 290. The minimum atomic E-state index is -0.397. The van der Waals surface area contributed by atoms with Crippen LogP contribution in [0.4, 0.5) is 0 Å². The fraction of sp³-hybridized carbons (Fsp3) is 0.500. The van der Waals surface area contributed by atoms with Crippen LogP contribution in [-0.4, -0.2) is 17.2 Å². The molecule has 14 heavy (non-hydrogen) atoms. The van der Waals surface area contributed by atoms with Gasteiger partial charge in [-0.05, 0) is 31.9 Å². The van der Waals surface area contributed by atoms with Gasteiger partial charge >= 0.3 is 0 Å². The molecule has 0 amide bonds. The van der Waals surface area contributed by atoms with Crippen LogP contribution in [0.25, 0.3) is 0 Å². The van der Waals surface area contributed by atoms with Gasteiger partial charge in [-0.3, -0.25) is 0 Å². The standard InChI is InChI=1S/C12H17NO/c1-12(8-5-9-13-12)11(14)10-6-3-2-4-7-10/h2-4,6-7,11,13-14H,5,8-9H2,1H3/t11?,12-/m1/s1. The Balaban J connectivity index is 2.19. The monoisotopic (exact) mass is 191 g/mol. The Morgan fingerprint density at radius 3 is 2.64 bits per heavy atom. The molecule has 0 saturated carbocycles. The zero-order valence-corrected chi connectivity index (χ0v) is 8.53. The largest absolute Gasteiger partial charge is 0.386 e. The van der Waals surface area contributed by atoms with E-state index in [0.717, 1.165) is 24.9 Å². The minimum absolute atomic E-state index is 0.138. The smallest absolute Gasteiger partial charge is 0.0968 e. The highest BCUT2D eigenvalue weighted by molar-refractivity contribution is 5.21. The van der Waals surface area contributed by atoms with Crippen LogP contribution < -0.4 is 5.32 Å². The lowest BCUT2D eigenvalue weighted by Gasteiger charge is -2.30. The second-order valence-corrected chi connectivity index (χ2v) is 4.26. The molecule has 0 aliphatic carbocycles. The number of hydrogen-bond acceptors (Lipinski definition) is 2. The Morgan fingerprint density at radius 1 is 1.36 bits per heavy atom. The first-order valence-corrected chi connectivity index (χ1v) is 5.20. The van der Waals surface area contributed by atoms with Crippen molar-refractivity contribution in [1.82, 2.24) is 5.32 Å². The lowest BCUT2D eigenvalue weighted by Crippen LogP contribution is -2.42. The zero-order chi connectivity index (χ0) is 10.0. The predicted octanol–water partition coefficient (Wildman–Crippen LogP) is 1.86. The lowest BCUT2D eigenvalue weighted by molar-refractivity contribution is 0.0815. The quantitative estimate of drug-likeness (QED) is 0.748. The Labute approximate surface area is 85.0 Å². The summed E-state index contributed by atoms with van der Waals surface area (Å²) in [6.45, 7) is 3.11. The average molecular weight is 191 g/mol. The molecule has 1 heterocycles. The molecule has 1 aromatic rings. The van der Waals surface area contributed by atoms with E-state index >= 15 is 0 Å². The van der Waals surface area contributed by atoms with Gasteiger partial charge in [0.25, 0.3) is 0 Å². The van der Waals surface area contributed by atoms with E-state index < -0.39 is 6.10 Å². The molecule has 0 radical (unpaired) electrons. The van der Waals surface area contributed by atoms with Gasteiger partial charge in [-0.2, -0.15) is 0 Å². The maximum Gasteiger partial charge on any atom is 0.0968 e. The van der Waals surface area contributed by atoms with Gasteiger partial charge in [0.2, 0.25) is 0 Å². The molecule has 2 heteroatoms. The van der Waals surface area contributed by atoms with Gasteiger partial charge in [0, 0.05) is 5.54 Å². The Hall–Kier alpha value is -0.860. The van der Waals surface area contributed by atoms with Crippen molar-refractivity contribution in [3.05, 3.63) is 35.9 Å². The van der Waals surface area contributed by atoms with Crippen molar-refractivity contribution in [2.45, 2.75) is 31.4 Å². The average Bonchev–Trinajstić information content (AvgIpc) is 2.67. The second kappa shape index (κ2) is 3.71. The fourth-order valence-electron chi connectivity index (χ4n) is 2.15. The van der Waals surface area contributed by atoms with E-state index in [0.29, 0.717) is 0 Å². The van der Waals surface area contributed by atoms with E-state index in [9.17, 15) is 5.11 Å². The van der Waals surface area contributed by atoms with E-state index in [1.807, 2.05) is 30.3 Å². The molecule has 1 aromatic carbocycles. The Kier molecular flexibility index (Phi) is 2.57. The molecular weight excluding hydrogens is 174 g/mol. The lowest BCUT2D eigenvalue weighted by atomic mass is 9.88. The molecule has 0 spiro atoms. The summed E-state index contributed by atoms with van der Waals surface area (Å²) in [5.41, 5.74) is 0.867. The SMILES string of the molecule is C[C@]1(C(O)c2ccccc2)CCCN1. The molecule has 76 valence electrons. The van der Waals surface area contributed by atoms with Crippen molar-refractivity contribution in [2.24, 2.45) is 0 Å². The third-order valence-corrected chi connectivity index (χ3v) is 3.12. The van der Waals surface area contributed by atoms with Gasteiger partial charge in [0.05, 0.1) is 6.10 Å². The van der Waals surface area contributed by atoms with E-state index in [4.69, 9.17) is 0 Å². The van der Waals surface area contributed by atoms with E-state index in [2.05, 4.69) is 12.2 Å². The normalized spacial score (nSPS) is 29.0.